The first kappa shape index (κ1) is 19.1. The number of hydrogen-bond acceptors (Lipinski definition) is 5. The Labute approximate surface area is 139 Å². The van der Waals surface area contributed by atoms with E-state index < -0.39 is 21.5 Å². The number of carbonyl (C=O) groups is 1. The molecule has 0 saturated heterocycles. The summed E-state index contributed by atoms with van der Waals surface area (Å²) >= 11 is 3.18. The zero-order chi connectivity index (χ0) is 17.0. The van der Waals surface area contributed by atoms with Crippen molar-refractivity contribution in [3.8, 4) is 0 Å². The van der Waals surface area contributed by atoms with Crippen LogP contribution in [0.15, 0.2) is 27.6 Å². The van der Waals surface area contributed by atoms with Gasteiger partial charge in [0.1, 0.15) is 0 Å². The summed E-state index contributed by atoms with van der Waals surface area (Å²) in [6, 6.07) is 4.17. The summed E-state index contributed by atoms with van der Waals surface area (Å²) in [4.78, 5) is 11.5. The van der Waals surface area contributed by atoms with E-state index in [9.17, 15) is 13.2 Å². The lowest BCUT2D eigenvalue weighted by Gasteiger charge is -2.26. The molecule has 0 amide bonds. The second-order valence-corrected chi connectivity index (χ2v) is 7.62. The highest BCUT2D eigenvalue weighted by atomic mass is 79.9. The number of benzene rings is 1. The van der Waals surface area contributed by atoms with Crippen LogP contribution in [0.25, 0.3) is 0 Å². The number of ether oxygens (including phenoxy) is 1. The molecular weight excluding hydrogens is 372 g/mol. The fraction of sp³-hybridized carbons (Fsp3) is 0.500. The second kappa shape index (κ2) is 7.54. The fourth-order valence-corrected chi connectivity index (χ4v) is 3.99. The van der Waals surface area contributed by atoms with Gasteiger partial charge < -0.3 is 10.5 Å². The monoisotopic (exact) mass is 392 g/mol. The van der Waals surface area contributed by atoms with Crippen molar-refractivity contribution < 1.29 is 17.9 Å². The number of sulfonamides is 1. The maximum atomic E-state index is 12.4. The number of rotatable bonds is 7. The molecule has 0 aliphatic rings. The van der Waals surface area contributed by atoms with Crippen LogP contribution in [0.3, 0.4) is 0 Å². The molecule has 0 saturated carbocycles. The molecule has 22 heavy (non-hydrogen) atoms. The van der Waals surface area contributed by atoms with Crippen molar-refractivity contribution in [2.75, 3.05) is 13.7 Å². The number of esters is 1. The maximum absolute atomic E-state index is 12.4. The highest BCUT2D eigenvalue weighted by molar-refractivity contribution is 9.10. The van der Waals surface area contributed by atoms with E-state index in [1.54, 1.807) is 0 Å². The third-order valence-electron chi connectivity index (χ3n) is 3.66. The van der Waals surface area contributed by atoms with E-state index in [1.807, 2.05) is 13.8 Å². The van der Waals surface area contributed by atoms with E-state index in [4.69, 9.17) is 5.73 Å². The molecule has 8 heteroatoms. The van der Waals surface area contributed by atoms with E-state index in [-0.39, 0.29) is 17.0 Å². The SMILES string of the molecule is CCC(N)(CC)CNS(=O)(=O)c1ccc(C(=O)OC)cc1Br. The van der Waals surface area contributed by atoms with Crippen LogP contribution in [-0.4, -0.2) is 33.6 Å². The van der Waals surface area contributed by atoms with Gasteiger partial charge in [-0.25, -0.2) is 17.9 Å². The van der Waals surface area contributed by atoms with Crippen molar-refractivity contribution in [3.05, 3.63) is 28.2 Å². The van der Waals surface area contributed by atoms with Gasteiger partial charge in [-0.1, -0.05) is 13.8 Å². The molecule has 0 radical (unpaired) electrons. The third-order valence-corrected chi connectivity index (χ3v) is 6.04. The van der Waals surface area contributed by atoms with E-state index in [2.05, 4.69) is 25.4 Å². The second-order valence-electron chi connectivity index (χ2n) is 5.03. The Balaban J connectivity index is 3.01. The molecule has 0 aromatic heterocycles. The Hall–Kier alpha value is -0.960. The average Bonchev–Trinajstić information content (AvgIpc) is 2.51. The van der Waals surface area contributed by atoms with Crippen molar-refractivity contribution in [1.82, 2.24) is 4.72 Å². The van der Waals surface area contributed by atoms with Crippen LogP contribution in [0.4, 0.5) is 0 Å². The van der Waals surface area contributed by atoms with Crippen LogP contribution >= 0.6 is 15.9 Å². The lowest BCUT2D eigenvalue weighted by Crippen LogP contribution is -2.49. The summed E-state index contributed by atoms with van der Waals surface area (Å²) in [7, 11) is -2.46. The molecule has 1 aromatic carbocycles. The molecule has 0 unspecified atom stereocenters. The molecule has 124 valence electrons. The molecule has 1 aromatic rings. The summed E-state index contributed by atoms with van der Waals surface area (Å²) in [5.41, 5.74) is 5.79. The predicted molar refractivity (Wildman–Crippen MR) is 88.2 cm³/mol. The molecule has 0 aliphatic heterocycles. The molecule has 0 spiro atoms. The number of hydrogen-bond donors (Lipinski definition) is 2. The van der Waals surface area contributed by atoms with E-state index in [0.717, 1.165) is 0 Å². The Bertz CT molecular complexity index is 642. The summed E-state index contributed by atoms with van der Waals surface area (Å²) in [5, 5.41) is 0. The number of halogens is 1. The first-order valence-corrected chi connectivity index (χ1v) is 9.13. The number of nitrogens with two attached hydrogens (primary N) is 1. The Morgan fingerprint density at radius 1 is 1.36 bits per heavy atom. The van der Waals surface area contributed by atoms with Gasteiger partial charge in [-0.3, -0.25) is 0 Å². The van der Waals surface area contributed by atoms with Crippen LogP contribution < -0.4 is 10.5 Å². The summed E-state index contributed by atoms with van der Waals surface area (Å²) < 4.78 is 32.1. The van der Waals surface area contributed by atoms with Crippen molar-refractivity contribution in [2.45, 2.75) is 37.1 Å². The normalized spacial score (nSPS) is 12.2. The first-order valence-electron chi connectivity index (χ1n) is 6.85. The van der Waals surface area contributed by atoms with Crippen molar-refractivity contribution in [1.29, 1.82) is 0 Å². The Morgan fingerprint density at radius 3 is 2.41 bits per heavy atom. The lowest BCUT2D eigenvalue weighted by molar-refractivity contribution is 0.0600. The van der Waals surface area contributed by atoms with Gasteiger partial charge in [-0.05, 0) is 47.0 Å². The average molecular weight is 393 g/mol. The molecule has 6 nitrogen and oxygen atoms in total. The topological polar surface area (TPSA) is 98.5 Å². The highest BCUT2D eigenvalue weighted by Gasteiger charge is 2.25. The molecule has 0 atom stereocenters. The highest BCUT2D eigenvalue weighted by Crippen LogP contribution is 2.24. The zero-order valence-corrected chi connectivity index (χ0v) is 15.3. The van der Waals surface area contributed by atoms with Gasteiger partial charge in [0.05, 0.1) is 17.6 Å². The van der Waals surface area contributed by atoms with Gasteiger partial charge in [0.25, 0.3) is 0 Å². The standard InChI is InChI=1S/C14H21BrN2O4S/c1-4-14(16,5-2)9-17-22(19,20)12-7-6-10(8-11(12)15)13(18)21-3/h6-8,17H,4-5,9,16H2,1-3H3. The van der Waals surface area contributed by atoms with Crippen molar-refractivity contribution >= 4 is 31.9 Å². The summed E-state index contributed by atoms with van der Waals surface area (Å²) in [6.07, 6.45) is 1.32. The van der Waals surface area contributed by atoms with Crippen LogP contribution in [0.2, 0.25) is 0 Å². The van der Waals surface area contributed by atoms with Gasteiger partial charge in [0, 0.05) is 16.6 Å². The molecule has 0 bridgehead atoms. The van der Waals surface area contributed by atoms with Crippen molar-refractivity contribution in [2.24, 2.45) is 5.73 Å². The molecular formula is C14H21BrN2O4S. The number of methoxy groups -OCH3 is 1. The lowest BCUT2D eigenvalue weighted by atomic mass is 9.95. The van der Waals surface area contributed by atoms with E-state index >= 15 is 0 Å². The van der Waals surface area contributed by atoms with Gasteiger partial charge in [0.2, 0.25) is 10.0 Å². The minimum Gasteiger partial charge on any atom is -0.465 e. The molecule has 0 heterocycles. The first-order chi connectivity index (χ1) is 10.2. The van der Waals surface area contributed by atoms with Crippen LogP contribution in [-0.2, 0) is 14.8 Å². The Morgan fingerprint density at radius 2 is 1.95 bits per heavy atom. The smallest absolute Gasteiger partial charge is 0.337 e. The molecule has 0 aliphatic carbocycles. The van der Waals surface area contributed by atoms with Gasteiger partial charge in [-0.2, -0.15) is 0 Å². The van der Waals surface area contributed by atoms with Gasteiger partial charge >= 0.3 is 5.97 Å². The third kappa shape index (κ3) is 4.52. The van der Waals surface area contributed by atoms with Gasteiger partial charge in [0.15, 0.2) is 0 Å². The van der Waals surface area contributed by atoms with Crippen LogP contribution in [0, 0.1) is 0 Å². The number of nitrogens with one attached hydrogen (secondary N) is 1. The van der Waals surface area contributed by atoms with Gasteiger partial charge in [-0.15, -0.1) is 0 Å². The van der Waals surface area contributed by atoms with Crippen LogP contribution in [0.1, 0.15) is 37.0 Å². The predicted octanol–water partition coefficient (Wildman–Crippen LogP) is 2.03. The molecule has 1 rings (SSSR count). The van der Waals surface area contributed by atoms with E-state index in [1.165, 1.54) is 25.3 Å². The minimum absolute atomic E-state index is 0.0507. The zero-order valence-electron chi connectivity index (χ0n) is 12.8. The fourth-order valence-electron chi connectivity index (χ4n) is 1.78. The quantitative estimate of drug-likeness (QED) is 0.691. The summed E-state index contributed by atoms with van der Waals surface area (Å²) in [6.45, 7) is 3.98. The largest absolute Gasteiger partial charge is 0.465 e. The Kier molecular flexibility index (Phi) is 6.54. The molecule has 0 fully saturated rings. The maximum Gasteiger partial charge on any atom is 0.337 e. The van der Waals surface area contributed by atoms with E-state index in [0.29, 0.717) is 17.3 Å². The minimum atomic E-state index is -3.72. The number of carbonyl (C=O) groups excluding carboxylic acids is 1. The molecule has 3 N–H and O–H groups in total. The van der Waals surface area contributed by atoms with Crippen LogP contribution in [0.5, 0.6) is 0 Å². The van der Waals surface area contributed by atoms with Crippen molar-refractivity contribution in [3.63, 3.8) is 0 Å². The summed E-state index contributed by atoms with van der Waals surface area (Å²) in [5.74, 6) is -0.532.